The van der Waals surface area contributed by atoms with E-state index in [1.807, 2.05) is 13.8 Å². The van der Waals surface area contributed by atoms with Gasteiger partial charge in [-0.15, -0.1) is 0 Å². The third-order valence-corrected chi connectivity index (χ3v) is 3.73. The van der Waals surface area contributed by atoms with Crippen LogP contribution in [0.25, 0.3) is 0 Å². The predicted octanol–water partition coefficient (Wildman–Crippen LogP) is 2.16. The lowest BCUT2D eigenvalue weighted by molar-refractivity contribution is -0.130. The van der Waals surface area contributed by atoms with Gasteiger partial charge in [-0.2, -0.15) is 0 Å². The van der Waals surface area contributed by atoms with E-state index in [4.69, 9.17) is 5.73 Å². The molecule has 0 saturated heterocycles. The highest BCUT2D eigenvalue weighted by molar-refractivity contribution is 9.10. The van der Waals surface area contributed by atoms with Crippen molar-refractivity contribution in [2.24, 2.45) is 0 Å². The van der Waals surface area contributed by atoms with Crippen LogP contribution in [0.4, 0.5) is 10.1 Å². The molecular formula is C14H19BrFN3O2. The molecule has 1 rings (SSSR count). The summed E-state index contributed by atoms with van der Waals surface area (Å²) in [6, 6.07) is 2.41. The number of halogens is 2. The van der Waals surface area contributed by atoms with Crippen molar-refractivity contribution in [1.82, 2.24) is 10.2 Å². The molecule has 0 heterocycles. The normalized spacial score (nSPS) is 10.3. The summed E-state index contributed by atoms with van der Waals surface area (Å²) in [6.07, 6.45) is 0.224. The number of carbonyl (C=O) groups excluding carboxylic acids is 2. The zero-order chi connectivity index (χ0) is 16.0. The maximum absolute atomic E-state index is 13.2. The van der Waals surface area contributed by atoms with Crippen molar-refractivity contribution in [2.75, 3.05) is 25.4 Å². The molecule has 3 N–H and O–H groups in total. The van der Waals surface area contributed by atoms with Crippen LogP contribution in [0.15, 0.2) is 16.6 Å². The second kappa shape index (κ2) is 7.97. The minimum absolute atomic E-state index is 0.0158. The molecule has 1 aromatic rings. The van der Waals surface area contributed by atoms with Crippen LogP contribution in [0.1, 0.15) is 30.6 Å². The molecule has 0 bridgehead atoms. The van der Waals surface area contributed by atoms with Crippen molar-refractivity contribution >= 4 is 33.4 Å². The highest BCUT2D eigenvalue weighted by atomic mass is 79.9. The topological polar surface area (TPSA) is 75.4 Å². The minimum Gasteiger partial charge on any atom is -0.396 e. The molecular weight excluding hydrogens is 341 g/mol. The van der Waals surface area contributed by atoms with E-state index in [1.165, 1.54) is 6.07 Å². The van der Waals surface area contributed by atoms with Gasteiger partial charge in [0.25, 0.3) is 5.91 Å². The van der Waals surface area contributed by atoms with Gasteiger partial charge in [0, 0.05) is 30.5 Å². The van der Waals surface area contributed by atoms with Crippen LogP contribution in [0, 0.1) is 5.82 Å². The standard InChI is InChI=1S/C14H19BrFN3O2/c1-3-19(4-2)13(20)5-6-18-14(21)9-7-12(17)11(16)8-10(9)15/h7-8H,3-6,17H2,1-2H3,(H,18,21). The van der Waals surface area contributed by atoms with E-state index in [0.717, 1.165) is 6.07 Å². The number of nitrogens with two attached hydrogens (primary N) is 1. The first-order valence-electron chi connectivity index (χ1n) is 6.71. The lowest BCUT2D eigenvalue weighted by Gasteiger charge is -2.18. The first kappa shape index (κ1) is 17.4. The molecule has 0 radical (unpaired) electrons. The van der Waals surface area contributed by atoms with E-state index in [9.17, 15) is 14.0 Å². The Labute approximate surface area is 131 Å². The van der Waals surface area contributed by atoms with Crippen molar-refractivity contribution in [3.63, 3.8) is 0 Å². The fraction of sp³-hybridized carbons (Fsp3) is 0.429. The van der Waals surface area contributed by atoms with Gasteiger partial charge < -0.3 is 16.0 Å². The molecule has 21 heavy (non-hydrogen) atoms. The zero-order valence-electron chi connectivity index (χ0n) is 12.1. The van der Waals surface area contributed by atoms with Crippen molar-refractivity contribution in [3.05, 3.63) is 28.0 Å². The van der Waals surface area contributed by atoms with Gasteiger partial charge in [-0.1, -0.05) is 0 Å². The Balaban J connectivity index is 2.59. The number of nitrogen functional groups attached to an aromatic ring is 1. The van der Waals surface area contributed by atoms with Gasteiger partial charge in [-0.25, -0.2) is 4.39 Å². The van der Waals surface area contributed by atoms with Gasteiger partial charge in [0.15, 0.2) is 0 Å². The van der Waals surface area contributed by atoms with E-state index in [2.05, 4.69) is 21.2 Å². The van der Waals surface area contributed by atoms with E-state index in [-0.39, 0.29) is 30.1 Å². The summed E-state index contributed by atoms with van der Waals surface area (Å²) in [7, 11) is 0. The first-order chi connectivity index (χ1) is 9.90. The fourth-order valence-electron chi connectivity index (χ4n) is 1.85. The monoisotopic (exact) mass is 359 g/mol. The number of hydrogen-bond donors (Lipinski definition) is 2. The summed E-state index contributed by atoms with van der Waals surface area (Å²) < 4.78 is 13.5. The fourth-order valence-corrected chi connectivity index (χ4v) is 2.35. The maximum atomic E-state index is 13.2. The summed E-state index contributed by atoms with van der Waals surface area (Å²) in [5.74, 6) is -1.01. The van der Waals surface area contributed by atoms with Crippen molar-refractivity contribution in [1.29, 1.82) is 0 Å². The van der Waals surface area contributed by atoms with Crippen molar-refractivity contribution in [2.45, 2.75) is 20.3 Å². The smallest absolute Gasteiger partial charge is 0.252 e. The van der Waals surface area contributed by atoms with Crippen LogP contribution in [0.5, 0.6) is 0 Å². The molecule has 116 valence electrons. The van der Waals surface area contributed by atoms with Crippen LogP contribution in [0.2, 0.25) is 0 Å². The predicted molar refractivity (Wildman–Crippen MR) is 83.4 cm³/mol. The largest absolute Gasteiger partial charge is 0.396 e. The molecule has 0 fully saturated rings. The Kier molecular flexibility index (Phi) is 6.61. The first-order valence-corrected chi connectivity index (χ1v) is 7.50. The van der Waals surface area contributed by atoms with Gasteiger partial charge in [-0.3, -0.25) is 9.59 Å². The molecule has 0 spiro atoms. The number of anilines is 1. The number of rotatable bonds is 6. The highest BCUT2D eigenvalue weighted by Crippen LogP contribution is 2.22. The third kappa shape index (κ3) is 4.70. The molecule has 0 saturated carbocycles. The molecule has 5 nitrogen and oxygen atoms in total. The van der Waals surface area contributed by atoms with Crippen LogP contribution in [-0.4, -0.2) is 36.3 Å². The molecule has 0 aromatic heterocycles. The number of hydrogen-bond acceptors (Lipinski definition) is 3. The van der Waals surface area contributed by atoms with E-state index in [1.54, 1.807) is 4.90 Å². The average Bonchev–Trinajstić information content (AvgIpc) is 2.44. The second-order valence-electron chi connectivity index (χ2n) is 4.43. The van der Waals surface area contributed by atoms with Gasteiger partial charge in [-0.05, 0) is 41.9 Å². The Hall–Kier alpha value is -1.63. The zero-order valence-corrected chi connectivity index (χ0v) is 13.7. The molecule has 2 amide bonds. The number of amides is 2. The van der Waals surface area contributed by atoms with Gasteiger partial charge in [0.05, 0.1) is 11.3 Å². The van der Waals surface area contributed by atoms with E-state index < -0.39 is 11.7 Å². The van der Waals surface area contributed by atoms with Gasteiger partial charge in [0.1, 0.15) is 5.82 Å². The van der Waals surface area contributed by atoms with E-state index in [0.29, 0.717) is 17.6 Å². The van der Waals surface area contributed by atoms with Crippen LogP contribution in [-0.2, 0) is 4.79 Å². The molecule has 0 aliphatic heterocycles. The Bertz CT molecular complexity index is 533. The Morgan fingerprint density at radius 3 is 2.52 bits per heavy atom. The van der Waals surface area contributed by atoms with Crippen LogP contribution >= 0.6 is 15.9 Å². The summed E-state index contributed by atoms with van der Waals surface area (Å²) in [6.45, 7) is 5.31. The Morgan fingerprint density at radius 2 is 1.95 bits per heavy atom. The second-order valence-corrected chi connectivity index (χ2v) is 5.28. The maximum Gasteiger partial charge on any atom is 0.252 e. The van der Waals surface area contributed by atoms with Gasteiger partial charge in [0.2, 0.25) is 5.91 Å². The van der Waals surface area contributed by atoms with Crippen LogP contribution in [0.3, 0.4) is 0 Å². The average molecular weight is 360 g/mol. The number of benzene rings is 1. The van der Waals surface area contributed by atoms with Gasteiger partial charge >= 0.3 is 0 Å². The summed E-state index contributed by atoms with van der Waals surface area (Å²) in [4.78, 5) is 25.5. The molecule has 0 atom stereocenters. The van der Waals surface area contributed by atoms with Crippen LogP contribution < -0.4 is 11.1 Å². The molecule has 0 aliphatic carbocycles. The number of nitrogens with one attached hydrogen (secondary N) is 1. The lowest BCUT2D eigenvalue weighted by atomic mass is 10.2. The highest BCUT2D eigenvalue weighted by Gasteiger charge is 2.14. The quantitative estimate of drug-likeness (QED) is 0.764. The Morgan fingerprint density at radius 1 is 1.33 bits per heavy atom. The van der Waals surface area contributed by atoms with Crippen molar-refractivity contribution in [3.8, 4) is 0 Å². The molecule has 7 heteroatoms. The SMILES string of the molecule is CCN(CC)C(=O)CCNC(=O)c1cc(N)c(F)cc1Br. The summed E-state index contributed by atoms with van der Waals surface area (Å²) in [5, 5.41) is 2.63. The number of carbonyl (C=O) groups is 2. The molecule has 1 aromatic carbocycles. The summed E-state index contributed by atoms with van der Waals surface area (Å²) >= 11 is 3.12. The molecule has 0 aliphatic rings. The lowest BCUT2D eigenvalue weighted by Crippen LogP contribution is -2.34. The van der Waals surface area contributed by atoms with Crippen molar-refractivity contribution < 1.29 is 14.0 Å². The minimum atomic E-state index is -0.588. The number of nitrogens with zero attached hydrogens (tertiary/aromatic N) is 1. The van der Waals surface area contributed by atoms with E-state index >= 15 is 0 Å². The molecule has 0 unspecified atom stereocenters. The summed E-state index contributed by atoms with van der Waals surface area (Å²) in [5.41, 5.74) is 5.59. The third-order valence-electron chi connectivity index (χ3n) is 3.07.